The van der Waals surface area contributed by atoms with E-state index in [9.17, 15) is 4.79 Å². The zero-order valence-electron chi connectivity index (χ0n) is 16.5. The van der Waals surface area contributed by atoms with E-state index in [2.05, 4.69) is 5.32 Å². The van der Waals surface area contributed by atoms with Gasteiger partial charge in [-0.3, -0.25) is 4.79 Å². The number of fused-ring (bicyclic) bond motifs is 1. The van der Waals surface area contributed by atoms with Crippen LogP contribution in [0.25, 0.3) is 32.6 Å². The molecule has 30 heavy (non-hydrogen) atoms. The predicted molar refractivity (Wildman–Crippen MR) is 122 cm³/mol. The summed E-state index contributed by atoms with van der Waals surface area (Å²) in [6, 6.07) is 20.1. The number of nitrogens with one attached hydrogen (secondary N) is 1. The number of pyridine rings is 1. The van der Waals surface area contributed by atoms with Gasteiger partial charge in [0.1, 0.15) is 15.5 Å². The molecule has 0 spiro atoms. The summed E-state index contributed by atoms with van der Waals surface area (Å²) in [5, 5.41) is 3.84. The summed E-state index contributed by atoms with van der Waals surface area (Å²) < 4.78 is 5.61. The van der Waals surface area contributed by atoms with Crippen LogP contribution in [0.5, 0.6) is 5.75 Å². The maximum Gasteiger partial charge on any atom is 0.263 e. The molecule has 6 heteroatoms. The Bertz CT molecular complexity index is 1250. The number of ether oxygens (including phenoxy) is 1. The highest BCUT2D eigenvalue weighted by atomic mass is 32.1. The normalized spacial score (nSPS) is 13.4. The van der Waals surface area contributed by atoms with Crippen LogP contribution in [0.1, 0.15) is 22.5 Å². The molecule has 0 saturated heterocycles. The molecule has 0 radical (unpaired) electrons. The van der Waals surface area contributed by atoms with E-state index < -0.39 is 0 Å². The van der Waals surface area contributed by atoms with Crippen LogP contribution >= 0.6 is 11.3 Å². The molecule has 1 amide bonds. The third-order valence-corrected chi connectivity index (χ3v) is 6.38. The Balaban J connectivity index is 1.76. The number of rotatable bonds is 5. The number of amides is 1. The van der Waals surface area contributed by atoms with Crippen molar-refractivity contribution >= 4 is 33.1 Å². The van der Waals surface area contributed by atoms with E-state index in [1.54, 1.807) is 7.11 Å². The monoisotopic (exact) mass is 415 g/mol. The Labute approximate surface area is 178 Å². The molecule has 0 bridgehead atoms. The van der Waals surface area contributed by atoms with E-state index in [1.165, 1.54) is 11.3 Å². The fraction of sp³-hybridized carbons (Fsp3) is 0.167. The second-order valence-electron chi connectivity index (χ2n) is 7.39. The van der Waals surface area contributed by atoms with Crippen LogP contribution in [0.2, 0.25) is 0 Å². The average molecular weight is 416 g/mol. The second-order valence-corrected chi connectivity index (χ2v) is 8.39. The Hall–Kier alpha value is -3.38. The average Bonchev–Trinajstić information content (AvgIpc) is 3.54. The lowest BCUT2D eigenvalue weighted by atomic mass is 9.98. The van der Waals surface area contributed by atoms with Crippen LogP contribution < -0.4 is 15.8 Å². The topological polar surface area (TPSA) is 77.2 Å². The van der Waals surface area contributed by atoms with Gasteiger partial charge in [-0.1, -0.05) is 48.5 Å². The van der Waals surface area contributed by atoms with E-state index in [-0.39, 0.29) is 11.9 Å². The van der Waals surface area contributed by atoms with Crippen molar-refractivity contribution in [2.24, 2.45) is 0 Å². The molecule has 2 heterocycles. The standard InChI is InChI=1S/C24H21N3O2S/c1-29-19-10-6-5-9-16(19)17-13-18(14-7-3-2-4-8-14)27-24-20(17)21(25)22(30-24)23(28)26-15-11-12-15/h2-10,13,15H,11-12,25H2,1H3,(H,26,28). The number of anilines is 1. The highest BCUT2D eigenvalue weighted by Crippen LogP contribution is 2.43. The fourth-order valence-corrected chi connectivity index (χ4v) is 4.63. The van der Waals surface area contributed by atoms with Gasteiger partial charge in [0.25, 0.3) is 5.91 Å². The SMILES string of the molecule is COc1ccccc1-c1cc(-c2ccccc2)nc2sc(C(=O)NC3CC3)c(N)c12. The molecule has 1 aliphatic carbocycles. The molecule has 1 aliphatic rings. The quantitative estimate of drug-likeness (QED) is 0.475. The van der Waals surface area contributed by atoms with Crippen molar-refractivity contribution < 1.29 is 9.53 Å². The summed E-state index contributed by atoms with van der Waals surface area (Å²) in [6.07, 6.45) is 2.05. The van der Waals surface area contributed by atoms with Gasteiger partial charge in [-0.25, -0.2) is 4.98 Å². The number of nitrogens with two attached hydrogens (primary N) is 1. The molecule has 0 unspecified atom stereocenters. The molecule has 150 valence electrons. The maximum atomic E-state index is 12.8. The van der Waals surface area contributed by atoms with E-state index in [0.717, 1.165) is 51.2 Å². The van der Waals surface area contributed by atoms with Crippen LogP contribution in [0.3, 0.4) is 0 Å². The van der Waals surface area contributed by atoms with Crippen molar-refractivity contribution in [1.29, 1.82) is 0 Å². The summed E-state index contributed by atoms with van der Waals surface area (Å²) in [5.74, 6) is 0.629. The highest BCUT2D eigenvalue weighted by molar-refractivity contribution is 7.21. The Morgan fingerprint density at radius 2 is 1.83 bits per heavy atom. The molecule has 1 fully saturated rings. The van der Waals surface area contributed by atoms with Crippen molar-refractivity contribution in [2.45, 2.75) is 18.9 Å². The van der Waals surface area contributed by atoms with Gasteiger partial charge < -0.3 is 15.8 Å². The first-order valence-corrected chi connectivity index (χ1v) is 10.7. The Morgan fingerprint density at radius 1 is 1.10 bits per heavy atom. The van der Waals surface area contributed by atoms with Crippen LogP contribution in [0.4, 0.5) is 5.69 Å². The minimum atomic E-state index is -0.120. The van der Waals surface area contributed by atoms with Gasteiger partial charge in [0.05, 0.1) is 18.5 Å². The number of aromatic nitrogens is 1. The lowest BCUT2D eigenvalue weighted by Gasteiger charge is -2.12. The van der Waals surface area contributed by atoms with E-state index in [0.29, 0.717) is 10.6 Å². The smallest absolute Gasteiger partial charge is 0.263 e. The molecule has 5 rings (SSSR count). The Morgan fingerprint density at radius 3 is 2.57 bits per heavy atom. The van der Waals surface area contributed by atoms with Crippen LogP contribution in [-0.4, -0.2) is 24.0 Å². The summed E-state index contributed by atoms with van der Waals surface area (Å²) in [5.41, 5.74) is 10.7. The summed E-state index contributed by atoms with van der Waals surface area (Å²) in [7, 11) is 1.65. The third-order valence-electron chi connectivity index (χ3n) is 5.28. The largest absolute Gasteiger partial charge is 0.496 e. The Kier molecular flexibility index (Phi) is 4.64. The number of hydrogen-bond acceptors (Lipinski definition) is 5. The number of methoxy groups -OCH3 is 1. The fourth-order valence-electron chi connectivity index (χ4n) is 3.60. The molecular weight excluding hydrogens is 394 g/mol. The molecule has 0 atom stereocenters. The number of carbonyl (C=O) groups excluding carboxylic acids is 1. The van der Waals surface area contributed by atoms with Gasteiger partial charge in [-0.2, -0.15) is 0 Å². The van der Waals surface area contributed by atoms with Crippen molar-refractivity contribution in [2.75, 3.05) is 12.8 Å². The van der Waals surface area contributed by atoms with E-state index in [4.69, 9.17) is 15.5 Å². The number of carbonyl (C=O) groups is 1. The van der Waals surface area contributed by atoms with Crippen molar-refractivity contribution in [3.63, 3.8) is 0 Å². The molecule has 2 aromatic carbocycles. The molecule has 5 nitrogen and oxygen atoms in total. The molecular formula is C24H21N3O2S. The molecule has 1 saturated carbocycles. The first-order valence-electron chi connectivity index (χ1n) is 9.88. The maximum absolute atomic E-state index is 12.8. The van der Waals surface area contributed by atoms with E-state index >= 15 is 0 Å². The molecule has 3 N–H and O–H groups in total. The first-order chi connectivity index (χ1) is 14.7. The van der Waals surface area contributed by atoms with Crippen molar-refractivity contribution in [3.8, 4) is 28.1 Å². The van der Waals surface area contributed by atoms with Gasteiger partial charge in [0.15, 0.2) is 0 Å². The number of para-hydroxylation sites is 1. The predicted octanol–water partition coefficient (Wildman–Crippen LogP) is 5.11. The summed E-state index contributed by atoms with van der Waals surface area (Å²) in [6.45, 7) is 0. The molecule has 0 aliphatic heterocycles. The second kappa shape index (κ2) is 7.46. The van der Waals surface area contributed by atoms with Crippen molar-refractivity contribution in [3.05, 3.63) is 65.5 Å². The highest BCUT2D eigenvalue weighted by Gasteiger charge is 2.27. The van der Waals surface area contributed by atoms with Gasteiger partial charge in [-0.15, -0.1) is 11.3 Å². The van der Waals surface area contributed by atoms with Crippen LogP contribution in [-0.2, 0) is 0 Å². The van der Waals surface area contributed by atoms with Crippen molar-refractivity contribution in [1.82, 2.24) is 10.3 Å². The summed E-state index contributed by atoms with van der Waals surface area (Å²) >= 11 is 1.34. The van der Waals surface area contributed by atoms with Gasteiger partial charge in [-0.05, 0) is 30.5 Å². The third kappa shape index (κ3) is 3.29. The number of thiophene rings is 1. The first kappa shape index (κ1) is 18.6. The molecule has 4 aromatic rings. The number of nitrogens with zero attached hydrogens (tertiary/aromatic N) is 1. The van der Waals surface area contributed by atoms with Gasteiger partial charge in [0, 0.05) is 22.6 Å². The lowest BCUT2D eigenvalue weighted by molar-refractivity contribution is 0.0956. The van der Waals surface area contributed by atoms with E-state index in [1.807, 2.05) is 60.7 Å². The number of nitrogen functional groups attached to an aromatic ring is 1. The van der Waals surface area contributed by atoms with Gasteiger partial charge in [0.2, 0.25) is 0 Å². The van der Waals surface area contributed by atoms with Crippen LogP contribution in [0.15, 0.2) is 60.7 Å². The zero-order chi connectivity index (χ0) is 20.7. The summed E-state index contributed by atoms with van der Waals surface area (Å²) in [4.78, 5) is 18.9. The van der Waals surface area contributed by atoms with Crippen LogP contribution in [0, 0.1) is 0 Å². The number of hydrogen-bond donors (Lipinski definition) is 2. The van der Waals surface area contributed by atoms with Gasteiger partial charge >= 0.3 is 0 Å². The lowest BCUT2D eigenvalue weighted by Crippen LogP contribution is -2.25. The minimum absolute atomic E-state index is 0.120. The number of benzene rings is 2. The minimum Gasteiger partial charge on any atom is -0.496 e. The zero-order valence-corrected chi connectivity index (χ0v) is 17.3. The molecule has 2 aromatic heterocycles.